The number of anilines is 2. The van der Waals surface area contributed by atoms with Gasteiger partial charge >= 0.3 is 0 Å². The first kappa shape index (κ1) is 15.5. The summed E-state index contributed by atoms with van der Waals surface area (Å²) >= 11 is 0. The molecule has 7 heteroatoms. The van der Waals surface area contributed by atoms with E-state index >= 15 is 0 Å². The lowest BCUT2D eigenvalue weighted by Crippen LogP contribution is -2.22. The highest BCUT2D eigenvalue weighted by atomic mass is 16.5. The third kappa shape index (κ3) is 3.80. The number of hydrogen-bond acceptors (Lipinski definition) is 5. The maximum absolute atomic E-state index is 12.1. The molecule has 0 aliphatic rings. The number of methoxy groups -OCH3 is 1. The van der Waals surface area contributed by atoms with E-state index in [0.717, 1.165) is 0 Å². The van der Waals surface area contributed by atoms with Crippen LogP contribution in [0.1, 0.15) is 10.4 Å². The molecule has 1 heterocycles. The molecule has 4 N–H and O–H groups in total. The fourth-order valence-electron chi connectivity index (χ4n) is 1.78. The molecule has 0 radical (unpaired) electrons. The Morgan fingerprint density at radius 3 is 2.73 bits per heavy atom. The molecule has 7 nitrogen and oxygen atoms in total. The quantitative estimate of drug-likeness (QED) is 0.770. The van der Waals surface area contributed by atoms with Crippen LogP contribution in [0.5, 0.6) is 5.75 Å². The smallest absolute Gasteiger partial charge is 0.257 e. The van der Waals surface area contributed by atoms with Crippen molar-refractivity contribution in [3.05, 3.63) is 48.3 Å². The van der Waals surface area contributed by atoms with Crippen molar-refractivity contribution in [2.45, 2.75) is 0 Å². The number of carbonyl (C=O) groups is 2. The maximum Gasteiger partial charge on any atom is 0.257 e. The van der Waals surface area contributed by atoms with Gasteiger partial charge in [0, 0.05) is 18.1 Å². The highest BCUT2D eigenvalue weighted by Gasteiger charge is 2.10. The van der Waals surface area contributed by atoms with Crippen molar-refractivity contribution in [2.24, 2.45) is 5.73 Å². The number of benzene rings is 1. The van der Waals surface area contributed by atoms with Crippen LogP contribution in [0.25, 0.3) is 0 Å². The summed E-state index contributed by atoms with van der Waals surface area (Å²) in [4.78, 5) is 27.4. The summed E-state index contributed by atoms with van der Waals surface area (Å²) in [6.07, 6.45) is 3.06. The van der Waals surface area contributed by atoms with E-state index in [0.29, 0.717) is 22.7 Å². The van der Waals surface area contributed by atoms with Crippen molar-refractivity contribution < 1.29 is 14.3 Å². The first-order chi connectivity index (χ1) is 10.6. The summed E-state index contributed by atoms with van der Waals surface area (Å²) in [6.45, 7) is -0.143. The van der Waals surface area contributed by atoms with Gasteiger partial charge in [0.1, 0.15) is 5.75 Å². The van der Waals surface area contributed by atoms with E-state index in [9.17, 15) is 9.59 Å². The van der Waals surface area contributed by atoms with Crippen molar-refractivity contribution >= 4 is 23.2 Å². The van der Waals surface area contributed by atoms with Crippen LogP contribution in [0.4, 0.5) is 11.4 Å². The van der Waals surface area contributed by atoms with Crippen LogP contribution >= 0.6 is 0 Å². The third-order valence-electron chi connectivity index (χ3n) is 2.84. The Morgan fingerprint density at radius 1 is 1.27 bits per heavy atom. The molecule has 0 bridgehead atoms. The first-order valence-corrected chi connectivity index (χ1v) is 6.53. The number of ether oxygens (including phenoxy) is 1. The molecule has 0 saturated carbocycles. The van der Waals surface area contributed by atoms with Crippen molar-refractivity contribution in [1.29, 1.82) is 0 Å². The van der Waals surface area contributed by atoms with Gasteiger partial charge in [0.05, 0.1) is 24.9 Å². The van der Waals surface area contributed by atoms with Crippen molar-refractivity contribution in [3.8, 4) is 5.75 Å². The highest BCUT2D eigenvalue weighted by molar-refractivity contribution is 6.04. The monoisotopic (exact) mass is 300 g/mol. The molecule has 0 aliphatic carbocycles. The Morgan fingerprint density at radius 2 is 2.09 bits per heavy atom. The summed E-state index contributed by atoms with van der Waals surface area (Å²) in [5.41, 5.74) is 6.66. The van der Waals surface area contributed by atoms with Crippen LogP contribution in [0.3, 0.4) is 0 Å². The second-order valence-corrected chi connectivity index (χ2v) is 4.36. The van der Waals surface area contributed by atoms with E-state index in [4.69, 9.17) is 10.5 Å². The average molecular weight is 300 g/mol. The molecule has 2 rings (SSSR count). The number of amides is 2. The van der Waals surface area contributed by atoms with Gasteiger partial charge in [-0.3, -0.25) is 14.6 Å². The zero-order valence-electron chi connectivity index (χ0n) is 12.0. The molecular weight excluding hydrogens is 284 g/mol. The Kier molecular flexibility index (Phi) is 5.05. The van der Waals surface area contributed by atoms with Gasteiger partial charge in [-0.15, -0.1) is 0 Å². The molecular formula is C15H16N4O3. The van der Waals surface area contributed by atoms with Gasteiger partial charge < -0.3 is 21.1 Å². The number of rotatable bonds is 5. The Balaban J connectivity index is 2.19. The van der Waals surface area contributed by atoms with Crippen LogP contribution in [0.15, 0.2) is 42.7 Å². The lowest BCUT2D eigenvalue weighted by atomic mass is 10.2. The number of nitrogens with one attached hydrogen (secondary N) is 2. The molecule has 1 aromatic carbocycles. The van der Waals surface area contributed by atoms with Crippen LogP contribution in [-0.2, 0) is 4.79 Å². The number of aromatic nitrogens is 1. The van der Waals surface area contributed by atoms with E-state index in [2.05, 4.69) is 15.6 Å². The zero-order chi connectivity index (χ0) is 15.9. The van der Waals surface area contributed by atoms with Crippen molar-refractivity contribution in [2.75, 3.05) is 24.3 Å². The predicted molar refractivity (Wildman–Crippen MR) is 82.9 cm³/mol. The second-order valence-electron chi connectivity index (χ2n) is 4.36. The van der Waals surface area contributed by atoms with Gasteiger partial charge in [-0.1, -0.05) is 0 Å². The lowest BCUT2D eigenvalue weighted by Gasteiger charge is -2.12. The number of pyridine rings is 1. The lowest BCUT2D eigenvalue weighted by molar-refractivity contribution is -0.114. The van der Waals surface area contributed by atoms with Gasteiger partial charge in [0.25, 0.3) is 5.91 Å². The molecule has 0 saturated heterocycles. The highest BCUT2D eigenvalue weighted by Crippen LogP contribution is 2.28. The Hall–Kier alpha value is -2.93. The average Bonchev–Trinajstić information content (AvgIpc) is 2.55. The molecule has 0 atom stereocenters. The van der Waals surface area contributed by atoms with Gasteiger partial charge in [-0.05, 0) is 30.3 Å². The molecule has 22 heavy (non-hydrogen) atoms. The van der Waals surface area contributed by atoms with Crippen molar-refractivity contribution in [3.63, 3.8) is 0 Å². The third-order valence-corrected chi connectivity index (χ3v) is 2.84. The molecule has 1 aromatic heterocycles. The molecule has 2 aromatic rings. The Labute approximate surface area is 127 Å². The van der Waals surface area contributed by atoms with Gasteiger partial charge in [0.2, 0.25) is 5.91 Å². The molecule has 0 aliphatic heterocycles. The number of hydrogen-bond donors (Lipinski definition) is 3. The van der Waals surface area contributed by atoms with Crippen LogP contribution in [-0.4, -0.2) is 30.5 Å². The number of carbonyl (C=O) groups excluding carboxylic acids is 2. The molecule has 0 fully saturated rings. The summed E-state index contributed by atoms with van der Waals surface area (Å²) in [6, 6.07) is 8.25. The SMILES string of the molecule is COc1ccc(NC(=O)c2cccnc2)cc1NC(=O)CN. The summed E-state index contributed by atoms with van der Waals surface area (Å²) in [5, 5.41) is 5.34. The second kappa shape index (κ2) is 7.19. The molecule has 114 valence electrons. The standard InChI is InChI=1S/C15H16N4O3/c1-22-13-5-4-11(7-12(13)19-14(20)8-16)18-15(21)10-3-2-6-17-9-10/h2-7,9H,8,16H2,1H3,(H,18,21)(H,19,20). The first-order valence-electron chi connectivity index (χ1n) is 6.53. The predicted octanol–water partition coefficient (Wildman–Crippen LogP) is 1.24. The van der Waals surface area contributed by atoms with E-state index in [1.54, 1.807) is 36.5 Å². The van der Waals surface area contributed by atoms with E-state index < -0.39 is 0 Å². The van der Waals surface area contributed by atoms with Gasteiger partial charge in [0.15, 0.2) is 0 Å². The van der Waals surface area contributed by atoms with E-state index in [1.165, 1.54) is 13.3 Å². The number of nitrogens with two attached hydrogens (primary N) is 1. The summed E-state index contributed by atoms with van der Waals surface area (Å²) in [7, 11) is 1.49. The zero-order valence-corrected chi connectivity index (χ0v) is 12.0. The minimum absolute atomic E-state index is 0.143. The van der Waals surface area contributed by atoms with Crippen molar-refractivity contribution in [1.82, 2.24) is 4.98 Å². The molecule has 0 spiro atoms. The van der Waals surface area contributed by atoms with E-state index in [1.807, 2.05) is 0 Å². The normalized spacial score (nSPS) is 9.91. The van der Waals surface area contributed by atoms with Gasteiger partial charge in [-0.2, -0.15) is 0 Å². The van der Waals surface area contributed by atoms with E-state index in [-0.39, 0.29) is 18.4 Å². The van der Waals surface area contributed by atoms with Crippen LogP contribution in [0, 0.1) is 0 Å². The minimum Gasteiger partial charge on any atom is -0.495 e. The van der Waals surface area contributed by atoms with Crippen LogP contribution in [0.2, 0.25) is 0 Å². The van der Waals surface area contributed by atoms with Crippen LogP contribution < -0.4 is 21.1 Å². The summed E-state index contributed by atoms with van der Waals surface area (Å²) < 4.78 is 5.16. The number of nitrogens with zero attached hydrogens (tertiary/aromatic N) is 1. The largest absolute Gasteiger partial charge is 0.495 e. The topological polar surface area (TPSA) is 106 Å². The van der Waals surface area contributed by atoms with Gasteiger partial charge in [-0.25, -0.2) is 0 Å². The molecule has 0 unspecified atom stereocenters. The Bertz CT molecular complexity index is 674. The summed E-state index contributed by atoms with van der Waals surface area (Å²) in [5.74, 6) is -0.176. The minimum atomic E-state index is -0.353. The molecule has 2 amide bonds. The fourth-order valence-corrected chi connectivity index (χ4v) is 1.78. The maximum atomic E-state index is 12.1. The fraction of sp³-hybridized carbons (Fsp3) is 0.133.